The van der Waals surface area contributed by atoms with Crippen LogP contribution in [0.3, 0.4) is 0 Å². The van der Waals surface area contributed by atoms with Gasteiger partial charge in [-0.15, -0.1) is 0 Å². The molecule has 9 nitrogen and oxygen atoms in total. The number of alkyl halides is 2. The first kappa shape index (κ1) is 26.5. The molecule has 208 valence electrons. The number of carbonyl (C=O) groups is 1. The molecule has 2 saturated heterocycles. The second-order valence-electron chi connectivity index (χ2n) is 11.2. The van der Waals surface area contributed by atoms with Crippen LogP contribution in [0.4, 0.5) is 28.2 Å². The van der Waals surface area contributed by atoms with Gasteiger partial charge in [0.1, 0.15) is 23.5 Å². The van der Waals surface area contributed by atoms with Crippen molar-refractivity contribution in [1.82, 2.24) is 14.9 Å². The van der Waals surface area contributed by atoms with Crippen molar-refractivity contribution in [2.75, 3.05) is 38.3 Å². The molecule has 3 fully saturated rings. The predicted molar refractivity (Wildman–Crippen MR) is 128 cm³/mol. The largest absolute Gasteiger partial charge is 0.493 e. The molecule has 3 heterocycles. The minimum atomic E-state index is -3.10. The molecular weight excluding hydrogens is 512 g/mol. The number of methoxy groups -OCH3 is 1. The van der Waals surface area contributed by atoms with Crippen LogP contribution in [-0.4, -0.2) is 83.1 Å². The zero-order valence-corrected chi connectivity index (χ0v) is 21.6. The SMILES string of the molecule is COc1c(F)cc(F)c2nc(OCC3(CO)CC3(F)F)nc(N3CC4CCC(C3)N4C(=O)OC(C)(C)C)c12. The lowest BCUT2D eigenvalue weighted by molar-refractivity contribution is 0.0110. The van der Waals surface area contributed by atoms with E-state index in [4.69, 9.17) is 14.2 Å². The summed E-state index contributed by atoms with van der Waals surface area (Å²) in [4.78, 5) is 24.8. The van der Waals surface area contributed by atoms with Gasteiger partial charge in [0.15, 0.2) is 17.4 Å². The summed E-state index contributed by atoms with van der Waals surface area (Å²) in [6.45, 7) is 4.52. The van der Waals surface area contributed by atoms with E-state index in [1.54, 1.807) is 30.6 Å². The molecule has 1 saturated carbocycles. The highest BCUT2D eigenvalue weighted by Gasteiger charge is 2.71. The van der Waals surface area contributed by atoms with Crippen molar-refractivity contribution in [3.8, 4) is 11.8 Å². The number of nitrogens with zero attached hydrogens (tertiary/aromatic N) is 4. The molecule has 1 aliphatic carbocycles. The molecule has 2 bridgehead atoms. The second-order valence-corrected chi connectivity index (χ2v) is 11.2. The van der Waals surface area contributed by atoms with Crippen molar-refractivity contribution in [2.45, 2.75) is 63.6 Å². The highest BCUT2D eigenvalue weighted by Crippen LogP contribution is 2.60. The van der Waals surface area contributed by atoms with Crippen molar-refractivity contribution in [3.63, 3.8) is 0 Å². The molecule has 2 aliphatic heterocycles. The summed E-state index contributed by atoms with van der Waals surface area (Å²) in [5, 5.41) is 9.45. The first-order valence-corrected chi connectivity index (χ1v) is 12.4. The summed E-state index contributed by atoms with van der Waals surface area (Å²) in [5.41, 5.74) is -2.73. The van der Waals surface area contributed by atoms with Crippen LogP contribution in [0, 0.1) is 17.0 Å². The van der Waals surface area contributed by atoms with E-state index in [1.807, 2.05) is 0 Å². The van der Waals surface area contributed by atoms with Crippen LogP contribution >= 0.6 is 0 Å². The van der Waals surface area contributed by atoms with Crippen molar-refractivity contribution in [1.29, 1.82) is 0 Å². The Morgan fingerprint density at radius 2 is 1.79 bits per heavy atom. The number of piperazine rings is 1. The third kappa shape index (κ3) is 4.44. The zero-order chi connectivity index (χ0) is 27.6. The molecule has 3 unspecified atom stereocenters. The number of hydrogen-bond donors (Lipinski definition) is 1. The fourth-order valence-corrected chi connectivity index (χ4v) is 5.31. The highest BCUT2D eigenvalue weighted by atomic mass is 19.3. The number of carbonyl (C=O) groups excluding carboxylic acids is 1. The monoisotopic (exact) mass is 542 g/mol. The highest BCUT2D eigenvalue weighted by molar-refractivity contribution is 5.96. The van der Waals surface area contributed by atoms with Crippen molar-refractivity contribution >= 4 is 22.8 Å². The van der Waals surface area contributed by atoms with Crippen molar-refractivity contribution in [3.05, 3.63) is 17.7 Å². The van der Waals surface area contributed by atoms with Gasteiger partial charge in [-0.1, -0.05) is 0 Å². The molecule has 1 aromatic heterocycles. The first-order valence-electron chi connectivity index (χ1n) is 12.4. The van der Waals surface area contributed by atoms with Gasteiger partial charge < -0.3 is 24.2 Å². The molecule has 3 aliphatic rings. The van der Waals surface area contributed by atoms with Crippen LogP contribution in [0.2, 0.25) is 0 Å². The van der Waals surface area contributed by atoms with Gasteiger partial charge in [-0.3, -0.25) is 4.90 Å². The van der Waals surface area contributed by atoms with Crippen LogP contribution in [-0.2, 0) is 4.74 Å². The molecule has 5 rings (SSSR count). The fourth-order valence-electron chi connectivity index (χ4n) is 5.31. The summed E-state index contributed by atoms with van der Waals surface area (Å²) in [5.74, 6) is -5.23. The minimum absolute atomic E-state index is 0.0314. The van der Waals surface area contributed by atoms with Gasteiger partial charge in [-0.2, -0.15) is 9.97 Å². The van der Waals surface area contributed by atoms with Crippen LogP contribution < -0.4 is 14.4 Å². The summed E-state index contributed by atoms with van der Waals surface area (Å²) in [6.07, 6.45) is 0.400. The number of benzene rings is 1. The van der Waals surface area contributed by atoms with Crippen LogP contribution in [0.1, 0.15) is 40.0 Å². The zero-order valence-electron chi connectivity index (χ0n) is 21.6. The predicted octanol–water partition coefficient (Wildman–Crippen LogP) is 3.90. The number of ether oxygens (including phenoxy) is 3. The maximum absolute atomic E-state index is 15.0. The Bertz CT molecular complexity index is 1260. The summed E-state index contributed by atoms with van der Waals surface area (Å²) >= 11 is 0. The third-order valence-electron chi connectivity index (χ3n) is 7.37. The van der Waals surface area contributed by atoms with Crippen molar-refractivity contribution < 1.29 is 41.7 Å². The lowest BCUT2D eigenvalue weighted by Gasteiger charge is -2.42. The lowest BCUT2D eigenvalue weighted by Crippen LogP contribution is -2.57. The fraction of sp³-hybridized carbons (Fsp3) is 0.640. The number of halogens is 4. The number of aliphatic hydroxyl groups is 1. The number of rotatable bonds is 6. The molecule has 1 amide bonds. The Hall–Kier alpha value is -3.09. The number of amides is 1. The Morgan fingerprint density at radius 3 is 2.32 bits per heavy atom. The molecule has 1 N–H and O–H groups in total. The van der Waals surface area contributed by atoms with E-state index in [2.05, 4.69) is 9.97 Å². The quantitative estimate of drug-likeness (QED) is 0.549. The standard InChI is InChI=1S/C25H30F4N4O5/c1-23(2,3)38-22(35)33-13-5-6-14(33)9-32(8-13)20-17-18(15(26)7-16(27)19(17)36-4)30-21(31-20)37-12-24(11-34)10-25(24,28)29/h7,13-14,34H,5-6,8-12H2,1-4H3. The molecule has 3 atom stereocenters. The van der Waals surface area contributed by atoms with Crippen molar-refractivity contribution in [2.24, 2.45) is 5.41 Å². The van der Waals surface area contributed by atoms with Gasteiger partial charge in [0, 0.05) is 25.6 Å². The van der Waals surface area contributed by atoms with Gasteiger partial charge in [-0.05, 0) is 33.6 Å². The van der Waals surface area contributed by atoms with Gasteiger partial charge >= 0.3 is 12.1 Å². The lowest BCUT2D eigenvalue weighted by atomic mass is 10.1. The molecular formula is C25H30F4N4O5. The number of anilines is 1. The van der Waals surface area contributed by atoms with E-state index >= 15 is 0 Å². The maximum atomic E-state index is 15.0. The second kappa shape index (κ2) is 8.99. The van der Waals surface area contributed by atoms with Gasteiger partial charge in [0.25, 0.3) is 5.92 Å². The Kier molecular flexibility index (Phi) is 6.27. The number of fused-ring (bicyclic) bond motifs is 3. The van der Waals surface area contributed by atoms with Crippen LogP contribution in [0.5, 0.6) is 11.8 Å². The Labute approximate surface area is 216 Å². The number of aliphatic hydroxyl groups excluding tert-OH is 1. The van der Waals surface area contributed by atoms with E-state index < -0.39 is 60.3 Å². The first-order chi connectivity index (χ1) is 17.8. The summed E-state index contributed by atoms with van der Waals surface area (Å²) < 4.78 is 73.6. The van der Waals surface area contributed by atoms with Gasteiger partial charge in [0.2, 0.25) is 0 Å². The van der Waals surface area contributed by atoms with E-state index in [0.29, 0.717) is 18.9 Å². The number of aromatic nitrogens is 2. The molecule has 0 radical (unpaired) electrons. The topological polar surface area (TPSA) is 97.2 Å². The van der Waals surface area contributed by atoms with E-state index in [-0.39, 0.29) is 47.6 Å². The molecule has 2 aromatic rings. The average Bonchev–Trinajstić information content (AvgIpc) is 3.29. The van der Waals surface area contributed by atoms with Gasteiger partial charge in [-0.25, -0.2) is 22.4 Å². The molecule has 13 heteroatoms. The molecule has 0 spiro atoms. The summed E-state index contributed by atoms with van der Waals surface area (Å²) in [6, 6.07) is -0.260. The van der Waals surface area contributed by atoms with Gasteiger partial charge in [0.05, 0.1) is 36.6 Å². The number of hydrogen-bond acceptors (Lipinski definition) is 8. The Morgan fingerprint density at radius 1 is 1.16 bits per heavy atom. The van der Waals surface area contributed by atoms with E-state index in [1.165, 1.54) is 7.11 Å². The Balaban J connectivity index is 1.51. The normalized spacial score (nSPS) is 26.0. The smallest absolute Gasteiger partial charge is 0.410 e. The van der Waals surface area contributed by atoms with E-state index in [0.717, 1.165) is 0 Å². The average molecular weight is 543 g/mol. The van der Waals surface area contributed by atoms with Crippen LogP contribution in [0.25, 0.3) is 10.9 Å². The maximum Gasteiger partial charge on any atom is 0.410 e. The van der Waals surface area contributed by atoms with E-state index in [9.17, 15) is 27.5 Å². The minimum Gasteiger partial charge on any atom is -0.493 e. The molecule has 1 aromatic carbocycles. The summed E-state index contributed by atoms with van der Waals surface area (Å²) in [7, 11) is 1.23. The van der Waals surface area contributed by atoms with Crippen LogP contribution in [0.15, 0.2) is 6.07 Å². The third-order valence-corrected chi connectivity index (χ3v) is 7.37. The molecule has 38 heavy (non-hydrogen) atoms.